The van der Waals surface area contributed by atoms with E-state index >= 15 is 0 Å². The number of likely N-dealkylation sites (tertiary alicyclic amines) is 1. The van der Waals surface area contributed by atoms with Crippen LogP contribution < -0.4 is 5.32 Å². The predicted octanol–water partition coefficient (Wildman–Crippen LogP) is 1.44. The number of piperidine rings is 1. The number of carbonyl (C=O) groups excluding carboxylic acids is 2. The summed E-state index contributed by atoms with van der Waals surface area (Å²) >= 11 is 0. The van der Waals surface area contributed by atoms with E-state index in [-0.39, 0.29) is 5.92 Å². The van der Waals surface area contributed by atoms with Crippen LogP contribution in [0.5, 0.6) is 0 Å². The van der Waals surface area contributed by atoms with E-state index in [0.29, 0.717) is 43.1 Å². The van der Waals surface area contributed by atoms with Crippen LogP contribution in [0.1, 0.15) is 30.1 Å². The van der Waals surface area contributed by atoms with E-state index in [4.69, 9.17) is 4.52 Å². The number of fused-ring (bicyclic) bond motifs is 1. The second-order valence-corrected chi connectivity index (χ2v) is 8.76. The number of hydrogen-bond donors (Lipinski definition) is 2. The van der Waals surface area contributed by atoms with Gasteiger partial charge in [-0.05, 0) is 43.0 Å². The molecule has 0 bridgehead atoms. The van der Waals surface area contributed by atoms with E-state index in [1.54, 1.807) is 24.2 Å². The molecule has 4 atom stereocenters. The second kappa shape index (κ2) is 8.80. The number of imidazole rings is 1. The van der Waals surface area contributed by atoms with Crippen LogP contribution in [0, 0.1) is 29.6 Å². The molecule has 1 aliphatic carbocycles. The van der Waals surface area contributed by atoms with Gasteiger partial charge in [0, 0.05) is 55.6 Å². The largest absolute Gasteiger partial charge is 0.385 e. The first-order chi connectivity index (χ1) is 16.4. The molecular weight excluding hydrogens is 434 g/mol. The third-order valence-corrected chi connectivity index (χ3v) is 6.47. The van der Waals surface area contributed by atoms with Crippen LogP contribution >= 0.6 is 0 Å². The lowest BCUT2D eigenvalue weighted by molar-refractivity contribution is -0.145. The minimum Gasteiger partial charge on any atom is -0.385 e. The summed E-state index contributed by atoms with van der Waals surface area (Å²) in [5.74, 6) is 7.77. The van der Waals surface area contributed by atoms with Crippen LogP contribution in [-0.2, 0) is 16.1 Å². The third-order valence-electron chi connectivity index (χ3n) is 6.47. The standard InChI is InChI=1S/C25H25N5O4/c1-15(31)23-27-9-10-29(23)12-18-11-22(34-28-18)17-6-3-16(4-7-17)5-8-19-20-13-30(14-21(19)20)25(33)24(32)26-2/h3-4,6-7,9-11,15,19-21,31H,12-14H2,1-2H3,(H,26,32)/t15-,19-,20-,21+/m0/s1. The quantitative estimate of drug-likeness (QED) is 0.451. The SMILES string of the molecule is CNC(=O)C(=O)N1C[C@@H]2[C@@H](C#Cc3ccc(-c4cc(Cn5ccnc5[C@H](C)O)no4)cc3)[C@@H]2C1. The van der Waals surface area contributed by atoms with Crippen LogP contribution in [0.25, 0.3) is 11.3 Å². The molecule has 174 valence electrons. The first-order valence-electron chi connectivity index (χ1n) is 11.2. The molecule has 2 aromatic heterocycles. The highest BCUT2D eigenvalue weighted by Gasteiger charge is 2.56. The molecule has 0 spiro atoms. The van der Waals surface area contributed by atoms with Crippen molar-refractivity contribution in [3.05, 3.63) is 59.8 Å². The highest BCUT2D eigenvalue weighted by molar-refractivity contribution is 6.35. The van der Waals surface area contributed by atoms with Crippen molar-refractivity contribution < 1.29 is 19.2 Å². The summed E-state index contributed by atoms with van der Waals surface area (Å²) in [5, 5.41) is 16.3. The number of likely N-dealkylation sites (N-methyl/N-ethyl adjacent to an activating group) is 1. The fourth-order valence-electron chi connectivity index (χ4n) is 4.56. The van der Waals surface area contributed by atoms with Gasteiger partial charge >= 0.3 is 11.8 Å². The van der Waals surface area contributed by atoms with Gasteiger partial charge in [0.05, 0.1) is 6.54 Å². The molecule has 1 aromatic carbocycles. The molecule has 1 aliphatic heterocycles. The molecule has 1 saturated heterocycles. The van der Waals surface area contributed by atoms with E-state index in [9.17, 15) is 14.7 Å². The van der Waals surface area contributed by atoms with Crippen molar-refractivity contribution in [1.82, 2.24) is 24.9 Å². The number of benzene rings is 1. The average molecular weight is 460 g/mol. The Morgan fingerprint density at radius 1 is 1.26 bits per heavy atom. The fourth-order valence-corrected chi connectivity index (χ4v) is 4.56. The number of aliphatic hydroxyl groups is 1. The van der Waals surface area contributed by atoms with Crippen molar-refractivity contribution in [2.24, 2.45) is 17.8 Å². The lowest BCUT2D eigenvalue weighted by Gasteiger charge is -2.17. The zero-order valence-electron chi connectivity index (χ0n) is 18.9. The topological polar surface area (TPSA) is 113 Å². The van der Waals surface area contributed by atoms with Gasteiger partial charge in [0.2, 0.25) is 0 Å². The van der Waals surface area contributed by atoms with Crippen molar-refractivity contribution in [2.75, 3.05) is 20.1 Å². The Morgan fingerprint density at radius 3 is 2.68 bits per heavy atom. The van der Waals surface area contributed by atoms with E-state index < -0.39 is 17.9 Å². The van der Waals surface area contributed by atoms with Gasteiger partial charge in [-0.25, -0.2) is 4.98 Å². The average Bonchev–Trinajstić information content (AvgIpc) is 3.34. The maximum Gasteiger partial charge on any atom is 0.311 e. The van der Waals surface area contributed by atoms with E-state index in [2.05, 4.69) is 27.3 Å². The highest BCUT2D eigenvalue weighted by atomic mass is 16.5. The number of nitrogens with one attached hydrogen (secondary N) is 1. The molecule has 9 heteroatoms. The lowest BCUT2D eigenvalue weighted by atomic mass is 10.1. The molecule has 2 aliphatic rings. The van der Waals surface area contributed by atoms with Gasteiger partial charge in [-0.2, -0.15) is 0 Å². The maximum absolute atomic E-state index is 12.0. The van der Waals surface area contributed by atoms with Crippen molar-refractivity contribution in [2.45, 2.75) is 19.6 Å². The van der Waals surface area contributed by atoms with Gasteiger partial charge in [-0.15, -0.1) is 0 Å². The van der Waals surface area contributed by atoms with Crippen molar-refractivity contribution in [1.29, 1.82) is 0 Å². The smallest absolute Gasteiger partial charge is 0.311 e. The number of aromatic nitrogens is 3. The van der Waals surface area contributed by atoms with Crippen molar-refractivity contribution in [3.8, 4) is 23.2 Å². The molecule has 3 heterocycles. The monoisotopic (exact) mass is 459 g/mol. The molecule has 0 radical (unpaired) electrons. The van der Waals surface area contributed by atoms with Crippen molar-refractivity contribution >= 4 is 11.8 Å². The van der Waals surface area contributed by atoms with Crippen LogP contribution in [0.2, 0.25) is 0 Å². The minimum absolute atomic E-state index is 0.278. The normalized spacial score (nSPS) is 21.4. The fraction of sp³-hybridized carbons (Fsp3) is 0.360. The summed E-state index contributed by atoms with van der Waals surface area (Å²) in [5.41, 5.74) is 2.55. The van der Waals surface area contributed by atoms with Crippen LogP contribution in [0.15, 0.2) is 47.2 Å². The number of carbonyl (C=O) groups is 2. The molecule has 1 saturated carbocycles. The van der Waals surface area contributed by atoms with Gasteiger partial charge in [0.15, 0.2) is 5.76 Å². The van der Waals surface area contributed by atoms with Gasteiger partial charge in [0.1, 0.15) is 17.6 Å². The molecular formula is C25H25N5O4. The minimum atomic E-state index is -0.658. The first-order valence-corrected chi connectivity index (χ1v) is 11.2. The van der Waals surface area contributed by atoms with E-state index in [1.807, 2.05) is 34.9 Å². The zero-order chi connectivity index (χ0) is 23.8. The number of rotatable bonds is 4. The number of aliphatic hydroxyl groups excluding tert-OH is 1. The van der Waals surface area contributed by atoms with Gasteiger partial charge in [0.25, 0.3) is 0 Å². The molecule has 34 heavy (non-hydrogen) atoms. The zero-order valence-corrected chi connectivity index (χ0v) is 18.9. The Hall–Kier alpha value is -3.90. The van der Waals surface area contributed by atoms with Crippen LogP contribution in [-0.4, -0.2) is 56.7 Å². The Labute approximate surface area is 196 Å². The summed E-state index contributed by atoms with van der Waals surface area (Å²) < 4.78 is 7.35. The summed E-state index contributed by atoms with van der Waals surface area (Å²) in [4.78, 5) is 29.2. The Balaban J connectivity index is 1.18. The van der Waals surface area contributed by atoms with Crippen LogP contribution in [0.3, 0.4) is 0 Å². The number of nitrogens with zero attached hydrogens (tertiary/aromatic N) is 4. The summed E-state index contributed by atoms with van der Waals surface area (Å²) in [7, 11) is 1.47. The van der Waals surface area contributed by atoms with Gasteiger partial charge < -0.3 is 24.4 Å². The molecule has 0 unspecified atom stereocenters. The molecule has 2 fully saturated rings. The molecule has 2 N–H and O–H groups in total. The second-order valence-electron chi connectivity index (χ2n) is 8.76. The molecule has 9 nitrogen and oxygen atoms in total. The summed E-state index contributed by atoms with van der Waals surface area (Å²) in [6.07, 6.45) is 2.79. The summed E-state index contributed by atoms with van der Waals surface area (Å²) in [6.45, 7) is 3.33. The lowest BCUT2D eigenvalue weighted by Crippen LogP contribution is -2.41. The van der Waals surface area contributed by atoms with E-state index in [0.717, 1.165) is 16.8 Å². The third kappa shape index (κ3) is 4.20. The maximum atomic E-state index is 12.0. The molecule has 5 rings (SSSR count). The Kier molecular flexibility index (Phi) is 5.67. The Bertz CT molecular complexity index is 1270. The van der Waals surface area contributed by atoms with Crippen LogP contribution in [0.4, 0.5) is 0 Å². The van der Waals surface area contributed by atoms with E-state index in [1.165, 1.54) is 7.05 Å². The highest BCUT2D eigenvalue weighted by Crippen LogP contribution is 2.51. The Morgan fingerprint density at radius 2 is 2.00 bits per heavy atom. The number of hydrogen-bond acceptors (Lipinski definition) is 6. The van der Waals surface area contributed by atoms with Crippen molar-refractivity contribution in [3.63, 3.8) is 0 Å². The first kappa shape index (κ1) is 21.9. The summed E-state index contributed by atoms with van der Waals surface area (Å²) in [6, 6.07) is 9.68. The number of amides is 2. The molecule has 2 amide bonds. The van der Waals surface area contributed by atoms with Gasteiger partial charge in [-0.3, -0.25) is 9.59 Å². The van der Waals surface area contributed by atoms with Gasteiger partial charge in [-0.1, -0.05) is 17.0 Å². The predicted molar refractivity (Wildman–Crippen MR) is 122 cm³/mol. The molecule has 3 aromatic rings.